The third-order valence-corrected chi connectivity index (χ3v) is 5.92. The van der Waals surface area contributed by atoms with E-state index in [-0.39, 0.29) is 11.5 Å². The van der Waals surface area contributed by atoms with Crippen molar-refractivity contribution in [3.8, 4) is 0 Å². The van der Waals surface area contributed by atoms with Crippen molar-refractivity contribution < 1.29 is 0 Å². The van der Waals surface area contributed by atoms with Crippen LogP contribution in [-0.2, 0) is 0 Å². The average molecular weight is 256 g/mol. The Morgan fingerprint density at radius 1 is 1.56 bits per heavy atom. The molecule has 1 aromatic heterocycles. The second kappa shape index (κ2) is 4.67. The van der Waals surface area contributed by atoms with E-state index in [0.717, 1.165) is 5.69 Å². The molecule has 1 heterocycles. The van der Waals surface area contributed by atoms with Crippen LogP contribution in [0.25, 0.3) is 0 Å². The predicted octanol–water partition coefficient (Wildman–Crippen LogP) is 3.45. The molecule has 2 N–H and O–H groups in total. The van der Waals surface area contributed by atoms with Gasteiger partial charge >= 0.3 is 0 Å². The Hall–Kier alpha value is -0.0600. The summed E-state index contributed by atoms with van der Waals surface area (Å²) in [7, 11) is 0. The quantitative estimate of drug-likeness (QED) is 0.881. The number of hydrogen-bond donors (Lipinski definition) is 1. The molecule has 0 radical (unpaired) electrons. The highest BCUT2D eigenvalue weighted by Crippen LogP contribution is 2.42. The van der Waals surface area contributed by atoms with Gasteiger partial charge in [0.1, 0.15) is 4.34 Å². The number of thiazole rings is 1. The lowest BCUT2D eigenvalue weighted by Gasteiger charge is -2.41. The van der Waals surface area contributed by atoms with Crippen LogP contribution in [-0.4, -0.2) is 16.3 Å². The van der Waals surface area contributed by atoms with Crippen molar-refractivity contribution >= 4 is 23.1 Å². The average Bonchev–Trinajstić information content (AvgIpc) is 2.59. The van der Waals surface area contributed by atoms with E-state index in [4.69, 9.17) is 5.73 Å². The van der Waals surface area contributed by atoms with Crippen LogP contribution < -0.4 is 5.73 Å². The van der Waals surface area contributed by atoms with E-state index in [1.165, 1.54) is 23.6 Å². The molecule has 1 aliphatic rings. The van der Waals surface area contributed by atoms with Gasteiger partial charge in [0.25, 0.3) is 0 Å². The summed E-state index contributed by atoms with van der Waals surface area (Å²) in [5, 5.41) is 2.65. The first-order valence-electron chi connectivity index (χ1n) is 5.83. The van der Waals surface area contributed by atoms with Gasteiger partial charge in [-0.05, 0) is 25.2 Å². The van der Waals surface area contributed by atoms with E-state index in [1.54, 1.807) is 11.3 Å². The lowest BCUT2D eigenvalue weighted by molar-refractivity contribution is 0.208. The smallest absolute Gasteiger partial charge is 0.150 e. The molecule has 1 aromatic rings. The third-order valence-electron chi connectivity index (χ3n) is 3.46. The van der Waals surface area contributed by atoms with Gasteiger partial charge in [-0.1, -0.05) is 32.0 Å². The Balaban J connectivity index is 2.04. The van der Waals surface area contributed by atoms with Crippen molar-refractivity contribution in [3.63, 3.8) is 0 Å². The summed E-state index contributed by atoms with van der Waals surface area (Å²) in [6.07, 6.45) is 3.78. The van der Waals surface area contributed by atoms with E-state index >= 15 is 0 Å². The van der Waals surface area contributed by atoms with Crippen LogP contribution in [0.3, 0.4) is 0 Å². The Labute approximate surface area is 106 Å². The van der Waals surface area contributed by atoms with Crippen molar-refractivity contribution in [2.75, 3.05) is 0 Å². The van der Waals surface area contributed by atoms with Crippen molar-refractivity contribution in [2.24, 2.45) is 11.1 Å². The number of nitrogens with zero attached hydrogens (tertiary/aromatic N) is 1. The molecular weight excluding hydrogens is 236 g/mol. The first-order valence-corrected chi connectivity index (χ1v) is 7.59. The molecule has 0 amide bonds. The van der Waals surface area contributed by atoms with Crippen molar-refractivity contribution in [1.29, 1.82) is 0 Å². The van der Waals surface area contributed by atoms with E-state index in [2.05, 4.69) is 24.2 Å². The summed E-state index contributed by atoms with van der Waals surface area (Å²) in [5.41, 5.74) is 7.77. The number of nitrogens with two attached hydrogens (primary N) is 1. The van der Waals surface area contributed by atoms with Gasteiger partial charge in [-0.25, -0.2) is 4.98 Å². The van der Waals surface area contributed by atoms with Crippen LogP contribution >= 0.6 is 23.1 Å². The van der Waals surface area contributed by atoms with Gasteiger partial charge in [0.05, 0.1) is 0 Å². The Bertz CT molecular complexity index is 360. The van der Waals surface area contributed by atoms with Gasteiger partial charge in [0.2, 0.25) is 0 Å². The molecule has 1 fully saturated rings. The zero-order valence-electron chi connectivity index (χ0n) is 10.2. The van der Waals surface area contributed by atoms with Gasteiger partial charge in [-0.2, -0.15) is 0 Å². The van der Waals surface area contributed by atoms with Crippen LogP contribution in [0.1, 0.15) is 38.8 Å². The number of aryl methyl sites for hydroxylation is 1. The number of aromatic nitrogens is 1. The molecule has 90 valence electrons. The minimum atomic E-state index is 0.280. The van der Waals surface area contributed by atoms with Gasteiger partial charge < -0.3 is 5.73 Å². The summed E-state index contributed by atoms with van der Waals surface area (Å²) < 4.78 is 1.18. The molecule has 1 saturated carbocycles. The minimum absolute atomic E-state index is 0.280. The molecule has 16 heavy (non-hydrogen) atoms. The van der Waals surface area contributed by atoms with Gasteiger partial charge in [-0.15, -0.1) is 11.3 Å². The number of thioether (sulfide) groups is 1. The standard InChI is InChI=1S/C12H20N2S2/c1-8-7-15-11(14-8)16-9-5-4-6-12(2,3)10(9)13/h7,9-10H,4-6,13H2,1-3H3. The SMILES string of the molecule is Cc1csc(SC2CCCC(C)(C)C2N)n1. The summed E-state index contributed by atoms with van der Waals surface area (Å²) >= 11 is 3.62. The third kappa shape index (κ3) is 2.60. The first-order chi connectivity index (χ1) is 7.49. The van der Waals surface area contributed by atoms with E-state index < -0.39 is 0 Å². The molecule has 0 spiro atoms. The molecule has 2 nitrogen and oxygen atoms in total. The minimum Gasteiger partial charge on any atom is -0.326 e. The van der Waals surface area contributed by atoms with E-state index in [0.29, 0.717) is 5.25 Å². The molecule has 2 atom stereocenters. The highest BCUT2D eigenvalue weighted by atomic mass is 32.2. The number of rotatable bonds is 2. The highest BCUT2D eigenvalue weighted by molar-refractivity contribution is 8.01. The predicted molar refractivity (Wildman–Crippen MR) is 72.1 cm³/mol. The van der Waals surface area contributed by atoms with Crippen molar-refractivity contribution in [3.05, 3.63) is 11.1 Å². The second-order valence-electron chi connectivity index (χ2n) is 5.32. The van der Waals surface area contributed by atoms with Crippen LogP contribution in [0.5, 0.6) is 0 Å². The normalized spacial score (nSPS) is 29.2. The lowest BCUT2D eigenvalue weighted by Crippen LogP contribution is -2.48. The highest BCUT2D eigenvalue weighted by Gasteiger charge is 2.37. The monoisotopic (exact) mass is 256 g/mol. The molecule has 0 bridgehead atoms. The fourth-order valence-electron chi connectivity index (χ4n) is 2.26. The van der Waals surface area contributed by atoms with E-state index in [9.17, 15) is 0 Å². The summed E-state index contributed by atoms with van der Waals surface area (Å²) in [6.45, 7) is 6.63. The molecule has 0 aromatic carbocycles. The summed E-state index contributed by atoms with van der Waals surface area (Å²) in [5.74, 6) is 0. The maximum absolute atomic E-state index is 6.37. The van der Waals surface area contributed by atoms with Crippen LogP contribution in [0.4, 0.5) is 0 Å². The maximum Gasteiger partial charge on any atom is 0.150 e. The van der Waals surface area contributed by atoms with Crippen molar-refractivity contribution in [1.82, 2.24) is 4.98 Å². The maximum atomic E-state index is 6.37. The van der Waals surface area contributed by atoms with Crippen LogP contribution in [0, 0.1) is 12.3 Å². The molecule has 2 rings (SSSR count). The fraction of sp³-hybridized carbons (Fsp3) is 0.750. The molecule has 1 aliphatic carbocycles. The molecule has 0 aliphatic heterocycles. The van der Waals surface area contributed by atoms with Gasteiger partial charge in [0, 0.05) is 22.4 Å². The van der Waals surface area contributed by atoms with Gasteiger partial charge in [0.15, 0.2) is 0 Å². The fourth-order valence-corrected chi connectivity index (χ4v) is 4.77. The van der Waals surface area contributed by atoms with Crippen LogP contribution in [0.15, 0.2) is 9.72 Å². The number of hydrogen-bond acceptors (Lipinski definition) is 4. The Kier molecular flexibility index (Phi) is 3.62. The largest absolute Gasteiger partial charge is 0.326 e. The first kappa shape index (κ1) is 12.4. The van der Waals surface area contributed by atoms with Crippen molar-refractivity contribution in [2.45, 2.75) is 55.7 Å². The van der Waals surface area contributed by atoms with E-state index in [1.807, 2.05) is 18.7 Å². The lowest BCUT2D eigenvalue weighted by atomic mass is 9.73. The Morgan fingerprint density at radius 3 is 2.94 bits per heavy atom. The molecular formula is C12H20N2S2. The zero-order chi connectivity index (χ0) is 11.8. The van der Waals surface area contributed by atoms with Crippen LogP contribution in [0.2, 0.25) is 0 Å². The summed E-state index contributed by atoms with van der Waals surface area (Å²) in [6, 6.07) is 0.287. The molecule has 0 saturated heterocycles. The summed E-state index contributed by atoms with van der Waals surface area (Å²) in [4.78, 5) is 4.51. The Morgan fingerprint density at radius 2 is 2.31 bits per heavy atom. The molecule has 2 unspecified atom stereocenters. The second-order valence-corrected chi connectivity index (χ2v) is 7.66. The zero-order valence-corrected chi connectivity index (χ0v) is 11.8. The molecule has 4 heteroatoms. The topological polar surface area (TPSA) is 38.9 Å². The van der Waals surface area contributed by atoms with Gasteiger partial charge in [-0.3, -0.25) is 0 Å².